The number of aromatic amines is 1. The van der Waals surface area contributed by atoms with Crippen LogP contribution < -0.4 is 11.2 Å². The summed E-state index contributed by atoms with van der Waals surface area (Å²) in [7, 11) is -2.73. The van der Waals surface area contributed by atoms with Crippen molar-refractivity contribution in [2.24, 2.45) is 5.41 Å². The van der Waals surface area contributed by atoms with E-state index in [4.69, 9.17) is 34.2 Å². The lowest BCUT2D eigenvalue weighted by atomic mass is 9.83. The summed E-state index contributed by atoms with van der Waals surface area (Å²) in [4.78, 5) is 37.7. The third-order valence-electron chi connectivity index (χ3n) is 5.31. The van der Waals surface area contributed by atoms with Gasteiger partial charge in [-0.05, 0) is 20.8 Å². The van der Waals surface area contributed by atoms with E-state index in [1.54, 1.807) is 20.8 Å². The maximum absolute atomic E-state index is 13.1. The van der Waals surface area contributed by atoms with Crippen LogP contribution in [0.5, 0.6) is 0 Å². The summed E-state index contributed by atoms with van der Waals surface area (Å²) in [6.45, 7) is 4.59. The highest BCUT2D eigenvalue weighted by Gasteiger charge is 2.60. The number of carbonyl (C=O) groups excluding carboxylic acids is 1. The minimum absolute atomic E-state index is 0.122. The number of phosphoric ester groups is 1. The monoisotopic (exact) mass is 486 g/mol. The molecule has 0 saturated carbocycles. The van der Waals surface area contributed by atoms with Gasteiger partial charge in [0.1, 0.15) is 17.6 Å². The van der Waals surface area contributed by atoms with Crippen molar-refractivity contribution in [3.05, 3.63) is 33.1 Å². The second kappa shape index (κ2) is 9.93. The summed E-state index contributed by atoms with van der Waals surface area (Å²) in [6, 6.07) is 1.16. The Labute approximate surface area is 190 Å². The zero-order chi connectivity index (χ0) is 24.4. The van der Waals surface area contributed by atoms with E-state index in [-0.39, 0.29) is 25.7 Å². The van der Waals surface area contributed by atoms with E-state index in [1.807, 2.05) is 0 Å². The highest BCUT2D eigenvalue weighted by atomic mass is 31.2. The maximum atomic E-state index is 13.1. The number of ether oxygens (including phenoxy) is 3. The molecule has 3 heterocycles. The van der Waals surface area contributed by atoms with Crippen LogP contribution in [0.25, 0.3) is 0 Å². The predicted octanol–water partition coefficient (Wildman–Crippen LogP) is 0.970. The molecule has 2 saturated heterocycles. The topological polar surface area (TPSA) is 144 Å². The molecule has 0 unspecified atom stereocenters. The van der Waals surface area contributed by atoms with Gasteiger partial charge in [-0.3, -0.25) is 32.7 Å². The van der Waals surface area contributed by atoms with E-state index in [0.717, 1.165) is 10.6 Å². The van der Waals surface area contributed by atoms with Crippen molar-refractivity contribution in [1.29, 1.82) is 0 Å². The number of methoxy groups -OCH3 is 1. The predicted molar refractivity (Wildman–Crippen MR) is 113 cm³/mol. The average molecular weight is 486 g/mol. The van der Waals surface area contributed by atoms with Crippen molar-refractivity contribution in [2.75, 3.05) is 20.3 Å². The lowest BCUT2D eigenvalue weighted by Gasteiger charge is -2.35. The number of esters is 1. The normalized spacial score (nSPS) is 32.2. The van der Waals surface area contributed by atoms with Crippen LogP contribution in [0.15, 0.2) is 21.9 Å². The van der Waals surface area contributed by atoms with Crippen LogP contribution in [-0.4, -0.2) is 60.3 Å². The molecule has 0 aromatic carbocycles. The molecule has 0 radical (unpaired) electrons. The Hall–Kier alpha value is -2.26. The quantitative estimate of drug-likeness (QED) is 0.321. The standard InChI is InChI=1S/C20H27N2O10P/c1-6-20(4)17-14(31-18(20)22-8-7-15(23)21-19(22)25)11-29-33(26,32-17)28-10-13(27-5)9-16(24)30-12(2)3/h1,7-8,12-14,17-18H,9-11H2,2-5H3,(H,21,23,25)/t13-,14-,17-,18-,20-,33-/m1/s1. The second-order valence-corrected chi connectivity index (χ2v) is 9.76. The number of H-pyrrole nitrogens is 1. The molecule has 6 atom stereocenters. The average Bonchev–Trinajstić information content (AvgIpc) is 3.03. The van der Waals surface area contributed by atoms with Gasteiger partial charge in [0.25, 0.3) is 5.56 Å². The van der Waals surface area contributed by atoms with Crippen molar-refractivity contribution in [2.45, 2.75) is 57.8 Å². The maximum Gasteiger partial charge on any atom is 0.475 e. The highest BCUT2D eigenvalue weighted by Crippen LogP contribution is 2.60. The van der Waals surface area contributed by atoms with Crippen molar-refractivity contribution >= 4 is 13.8 Å². The lowest BCUT2D eigenvalue weighted by Crippen LogP contribution is -2.43. The first kappa shape index (κ1) is 25.4. The van der Waals surface area contributed by atoms with Crippen LogP contribution in [0.2, 0.25) is 0 Å². The van der Waals surface area contributed by atoms with E-state index in [9.17, 15) is 18.9 Å². The summed E-state index contributed by atoms with van der Waals surface area (Å²) in [5.41, 5.74) is -2.54. The van der Waals surface area contributed by atoms with Crippen molar-refractivity contribution < 1.29 is 37.1 Å². The molecule has 182 valence electrons. The van der Waals surface area contributed by atoms with Gasteiger partial charge in [-0.1, -0.05) is 5.92 Å². The number of aromatic nitrogens is 2. The van der Waals surface area contributed by atoms with Gasteiger partial charge in [0.15, 0.2) is 6.23 Å². The third-order valence-corrected chi connectivity index (χ3v) is 6.73. The second-order valence-electron chi connectivity index (χ2n) is 8.14. The fourth-order valence-electron chi connectivity index (χ4n) is 3.61. The number of carbonyl (C=O) groups is 1. The fourth-order valence-corrected chi connectivity index (χ4v) is 5.12. The van der Waals surface area contributed by atoms with Gasteiger partial charge in [0, 0.05) is 19.4 Å². The number of hydrogen-bond acceptors (Lipinski definition) is 10. The molecule has 2 aliphatic rings. The van der Waals surface area contributed by atoms with E-state index in [1.165, 1.54) is 13.3 Å². The molecular formula is C20H27N2O10P. The Balaban J connectivity index is 1.73. The van der Waals surface area contributed by atoms with Crippen molar-refractivity contribution in [3.8, 4) is 12.3 Å². The molecule has 1 N–H and O–H groups in total. The first-order valence-corrected chi connectivity index (χ1v) is 11.7. The number of nitrogens with zero attached hydrogens (tertiary/aromatic N) is 1. The SMILES string of the molecule is C#C[C@]1(C)[C@@H]2O[P@](=O)(OC[C@@H](CC(=O)OC(C)C)OC)OC[C@H]2O[C@H]1n1ccc(=O)[nH]c1=O. The van der Waals surface area contributed by atoms with E-state index >= 15 is 0 Å². The molecule has 0 amide bonds. The molecule has 2 fully saturated rings. The molecule has 1 aromatic rings. The molecule has 33 heavy (non-hydrogen) atoms. The Kier molecular flexibility index (Phi) is 7.63. The van der Waals surface area contributed by atoms with Crippen LogP contribution in [0.1, 0.15) is 33.4 Å². The Morgan fingerprint density at radius 3 is 2.79 bits per heavy atom. The van der Waals surface area contributed by atoms with E-state index in [2.05, 4.69) is 10.9 Å². The first-order valence-electron chi connectivity index (χ1n) is 10.3. The summed E-state index contributed by atoms with van der Waals surface area (Å²) < 4.78 is 46.8. The minimum atomic E-state index is -4.11. The van der Waals surface area contributed by atoms with Crippen LogP contribution in [0.3, 0.4) is 0 Å². The molecule has 13 heteroatoms. The van der Waals surface area contributed by atoms with Gasteiger partial charge in [0.05, 0.1) is 31.8 Å². The summed E-state index contributed by atoms with van der Waals surface area (Å²) >= 11 is 0. The van der Waals surface area contributed by atoms with Gasteiger partial charge in [0.2, 0.25) is 0 Å². The number of phosphoric acid groups is 1. The Morgan fingerprint density at radius 1 is 1.45 bits per heavy atom. The van der Waals surface area contributed by atoms with Crippen LogP contribution >= 0.6 is 7.82 Å². The van der Waals surface area contributed by atoms with Crippen molar-refractivity contribution in [1.82, 2.24) is 9.55 Å². The zero-order valence-corrected chi connectivity index (χ0v) is 19.6. The number of terminal acetylenes is 1. The fraction of sp³-hybridized carbons (Fsp3) is 0.650. The highest BCUT2D eigenvalue weighted by molar-refractivity contribution is 7.48. The summed E-state index contributed by atoms with van der Waals surface area (Å²) in [5, 5.41) is 0. The number of rotatable bonds is 8. The van der Waals surface area contributed by atoms with Crippen LogP contribution in [-0.2, 0) is 37.1 Å². The van der Waals surface area contributed by atoms with Gasteiger partial charge in [-0.25, -0.2) is 9.36 Å². The van der Waals surface area contributed by atoms with E-state index < -0.39 is 55.0 Å². The summed E-state index contributed by atoms with van der Waals surface area (Å²) in [6.07, 6.45) is 3.15. The zero-order valence-electron chi connectivity index (χ0n) is 18.7. The van der Waals surface area contributed by atoms with E-state index in [0.29, 0.717) is 0 Å². The van der Waals surface area contributed by atoms with Gasteiger partial charge >= 0.3 is 19.5 Å². The van der Waals surface area contributed by atoms with Crippen molar-refractivity contribution in [3.63, 3.8) is 0 Å². The number of nitrogens with one attached hydrogen (secondary N) is 1. The Bertz CT molecular complexity index is 1080. The largest absolute Gasteiger partial charge is 0.475 e. The molecule has 2 aliphatic heterocycles. The van der Waals surface area contributed by atoms with Gasteiger partial charge in [-0.15, -0.1) is 6.42 Å². The van der Waals surface area contributed by atoms with Crippen LogP contribution in [0.4, 0.5) is 0 Å². The molecule has 12 nitrogen and oxygen atoms in total. The van der Waals surface area contributed by atoms with Gasteiger partial charge < -0.3 is 14.2 Å². The smallest absolute Gasteiger partial charge is 0.463 e. The molecule has 0 aliphatic carbocycles. The first-order chi connectivity index (χ1) is 15.5. The van der Waals surface area contributed by atoms with Gasteiger partial charge in [-0.2, -0.15) is 0 Å². The van der Waals surface area contributed by atoms with Crippen LogP contribution in [0, 0.1) is 17.8 Å². The third kappa shape index (κ3) is 5.46. The minimum Gasteiger partial charge on any atom is -0.463 e. The molecule has 1 aromatic heterocycles. The Morgan fingerprint density at radius 2 is 2.18 bits per heavy atom. The lowest BCUT2D eigenvalue weighted by molar-refractivity contribution is -0.151. The molecule has 0 bridgehead atoms. The molecule has 0 spiro atoms. The molecule has 3 rings (SSSR count). The number of fused-ring (bicyclic) bond motifs is 1. The summed E-state index contributed by atoms with van der Waals surface area (Å²) in [5.74, 6) is 2.07. The molecular weight excluding hydrogens is 459 g/mol. The number of hydrogen-bond donors (Lipinski definition) is 1.